The monoisotopic (exact) mass is 335 g/mol. The van der Waals surface area contributed by atoms with Crippen molar-refractivity contribution >= 4 is 23.6 Å². The van der Waals surface area contributed by atoms with Crippen LogP contribution in [0, 0.1) is 5.92 Å². The van der Waals surface area contributed by atoms with Crippen LogP contribution in [0.25, 0.3) is 6.08 Å². The highest BCUT2D eigenvalue weighted by atomic mass is 16.2. The van der Waals surface area contributed by atoms with E-state index in [-0.39, 0.29) is 17.7 Å². The van der Waals surface area contributed by atoms with Crippen molar-refractivity contribution in [2.45, 2.75) is 12.8 Å². The molecule has 2 amide bonds. The molecule has 0 aliphatic carbocycles. The van der Waals surface area contributed by atoms with Crippen LogP contribution in [-0.4, -0.2) is 34.8 Å². The van der Waals surface area contributed by atoms with Crippen LogP contribution in [0.1, 0.15) is 18.4 Å². The van der Waals surface area contributed by atoms with E-state index < -0.39 is 0 Å². The highest BCUT2D eigenvalue weighted by Crippen LogP contribution is 2.19. The van der Waals surface area contributed by atoms with Crippen LogP contribution in [-0.2, 0) is 9.59 Å². The summed E-state index contributed by atoms with van der Waals surface area (Å²) < 4.78 is 0. The molecule has 2 heterocycles. The fourth-order valence-corrected chi connectivity index (χ4v) is 2.90. The first-order valence-corrected chi connectivity index (χ1v) is 8.45. The van der Waals surface area contributed by atoms with E-state index in [0.29, 0.717) is 13.1 Å². The summed E-state index contributed by atoms with van der Waals surface area (Å²) in [5.74, 6) is -0.261. The molecule has 1 fully saturated rings. The number of amides is 2. The average molecular weight is 335 g/mol. The van der Waals surface area contributed by atoms with Gasteiger partial charge in [0, 0.05) is 37.2 Å². The van der Waals surface area contributed by atoms with Gasteiger partial charge in [0.25, 0.3) is 0 Å². The summed E-state index contributed by atoms with van der Waals surface area (Å²) in [7, 11) is 0. The number of anilines is 1. The Hall–Kier alpha value is -2.95. The maximum atomic E-state index is 12.4. The predicted octanol–water partition coefficient (Wildman–Crippen LogP) is 2.97. The van der Waals surface area contributed by atoms with E-state index in [1.165, 1.54) is 0 Å². The predicted molar refractivity (Wildman–Crippen MR) is 97.6 cm³/mol. The van der Waals surface area contributed by atoms with E-state index >= 15 is 0 Å². The third kappa shape index (κ3) is 4.76. The Labute approximate surface area is 147 Å². The standard InChI is InChI=1S/C20H21N3O2/c24-19(9-8-16-10-12-21-13-11-16)23-14-4-5-17(15-23)20(25)22-18-6-2-1-3-7-18/h1-3,6-13,17H,4-5,14-15H2,(H,22,25)/b9-8+. The van der Waals surface area contributed by atoms with Gasteiger partial charge in [0.15, 0.2) is 0 Å². The first-order chi connectivity index (χ1) is 12.2. The van der Waals surface area contributed by atoms with Crippen LogP contribution in [0.2, 0.25) is 0 Å². The number of para-hydroxylation sites is 1. The number of rotatable bonds is 4. The maximum Gasteiger partial charge on any atom is 0.246 e. The molecule has 0 spiro atoms. The second-order valence-corrected chi connectivity index (χ2v) is 6.09. The van der Waals surface area contributed by atoms with Gasteiger partial charge < -0.3 is 10.2 Å². The van der Waals surface area contributed by atoms with Crippen LogP contribution < -0.4 is 5.32 Å². The lowest BCUT2D eigenvalue weighted by Gasteiger charge is -2.31. The molecular weight excluding hydrogens is 314 g/mol. The first kappa shape index (κ1) is 16.9. The lowest BCUT2D eigenvalue weighted by atomic mass is 9.97. The molecule has 1 aliphatic heterocycles. The molecule has 1 saturated heterocycles. The molecule has 0 radical (unpaired) electrons. The molecule has 0 saturated carbocycles. The summed E-state index contributed by atoms with van der Waals surface area (Å²) in [6.45, 7) is 1.15. The van der Waals surface area contributed by atoms with Gasteiger partial charge >= 0.3 is 0 Å². The molecule has 5 nitrogen and oxygen atoms in total. The summed E-state index contributed by atoms with van der Waals surface area (Å²) in [5, 5.41) is 2.93. The Morgan fingerprint density at radius 2 is 1.88 bits per heavy atom. The van der Waals surface area contributed by atoms with Gasteiger partial charge in [-0.05, 0) is 48.7 Å². The van der Waals surface area contributed by atoms with Crippen molar-refractivity contribution in [3.63, 3.8) is 0 Å². The number of likely N-dealkylation sites (tertiary alicyclic amines) is 1. The van der Waals surface area contributed by atoms with Crippen molar-refractivity contribution < 1.29 is 9.59 Å². The number of carbonyl (C=O) groups excluding carboxylic acids is 2. The van der Waals surface area contributed by atoms with E-state index in [9.17, 15) is 9.59 Å². The van der Waals surface area contributed by atoms with Crippen LogP contribution >= 0.6 is 0 Å². The van der Waals surface area contributed by atoms with E-state index in [4.69, 9.17) is 0 Å². The first-order valence-electron chi connectivity index (χ1n) is 8.45. The number of benzene rings is 1. The zero-order chi connectivity index (χ0) is 17.5. The summed E-state index contributed by atoms with van der Waals surface area (Å²) in [6.07, 6.45) is 8.35. The lowest BCUT2D eigenvalue weighted by Crippen LogP contribution is -2.43. The molecule has 1 aromatic heterocycles. The number of nitrogens with zero attached hydrogens (tertiary/aromatic N) is 2. The van der Waals surface area contributed by atoms with Crippen LogP contribution in [0.4, 0.5) is 5.69 Å². The topological polar surface area (TPSA) is 62.3 Å². The van der Waals surface area contributed by atoms with E-state index in [1.54, 1.807) is 29.4 Å². The molecule has 1 unspecified atom stereocenters. The Bertz CT molecular complexity index is 744. The molecule has 1 N–H and O–H groups in total. The van der Waals surface area contributed by atoms with Crippen molar-refractivity contribution in [3.8, 4) is 0 Å². The van der Waals surface area contributed by atoms with Crippen LogP contribution in [0.5, 0.6) is 0 Å². The van der Waals surface area contributed by atoms with Gasteiger partial charge in [-0.3, -0.25) is 14.6 Å². The summed E-state index contributed by atoms with van der Waals surface area (Å²) in [5.41, 5.74) is 1.72. The largest absolute Gasteiger partial charge is 0.338 e. The Morgan fingerprint density at radius 1 is 1.12 bits per heavy atom. The molecule has 3 rings (SSSR count). The highest BCUT2D eigenvalue weighted by Gasteiger charge is 2.27. The van der Waals surface area contributed by atoms with Crippen molar-refractivity contribution in [3.05, 3.63) is 66.5 Å². The van der Waals surface area contributed by atoms with Gasteiger partial charge in [-0.25, -0.2) is 0 Å². The quantitative estimate of drug-likeness (QED) is 0.874. The highest BCUT2D eigenvalue weighted by molar-refractivity contribution is 5.95. The zero-order valence-electron chi connectivity index (χ0n) is 14.0. The Balaban J connectivity index is 1.58. The molecule has 0 bridgehead atoms. The van der Waals surface area contributed by atoms with E-state index in [1.807, 2.05) is 42.5 Å². The molecule has 25 heavy (non-hydrogen) atoms. The number of aromatic nitrogens is 1. The molecule has 1 atom stereocenters. The van der Waals surface area contributed by atoms with Crippen LogP contribution in [0.15, 0.2) is 60.9 Å². The fourth-order valence-electron chi connectivity index (χ4n) is 2.90. The number of carbonyl (C=O) groups is 2. The molecule has 1 aliphatic rings. The SMILES string of the molecule is O=C(Nc1ccccc1)C1CCCN(C(=O)/C=C/c2ccncc2)C1. The molecule has 128 valence electrons. The molecule has 5 heteroatoms. The Morgan fingerprint density at radius 3 is 2.64 bits per heavy atom. The summed E-state index contributed by atoms with van der Waals surface area (Å²) >= 11 is 0. The number of nitrogens with one attached hydrogen (secondary N) is 1. The van der Waals surface area contributed by atoms with Gasteiger partial charge in [-0.1, -0.05) is 18.2 Å². The van der Waals surface area contributed by atoms with Crippen LogP contribution in [0.3, 0.4) is 0 Å². The van der Waals surface area contributed by atoms with Crippen molar-refractivity contribution in [1.82, 2.24) is 9.88 Å². The fraction of sp³-hybridized carbons (Fsp3) is 0.250. The Kier molecular flexibility index (Phi) is 5.57. The molecular formula is C20H21N3O2. The second kappa shape index (κ2) is 8.24. The normalized spacial score (nSPS) is 17.4. The minimum absolute atomic E-state index is 0.0261. The van der Waals surface area contributed by atoms with Gasteiger partial charge in [0.05, 0.1) is 5.92 Å². The number of hydrogen-bond donors (Lipinski definition) is 1. The smallest absolute Gasteiger partial charge is 0.246 e. The van der Waals surface area contributed by atoms with Gasteiger partial charge in [-0.2, -0.15) is 0 Å². The van der Waals surface area contributed by atoms with Crippen molar-refractivity contribution in [1.29, 1.82) is 0 Å². The minimum Gasteiger partial charge on any atom is -0.338 e. The van der Waals surface area contributed by atoms with Crippen molar-refractivity contribution in [2.75, 3.05) is 18.4 Å². The molecule has 1 aromatic carbocycles. The van der Waals surface area contributed by atoms with Gasteiger partial charge in [0.1, 0.15) is 0 Å². The third-order valence-electron chi connectivity index (χ3n) is 4.27. The number of pyridine rings is 1. The van der Waals surface area contributed by atoms with E-state index in [0.717, 1.165) is 24.1 Å². The van der Waals surface area contributed by atoms with Gasteiger partial charge in [-0.15, -0.1) is 0 Å². The minimum atomic E-state index is -0.174. The lowest BCUT2D eigenvalue weighted by molar-refractivity contribution is -0.130. The summed E-state index contributed by atoms with van der Waals surface area (Å²) in [4.78, 5) is 30.5. The summed E-state index contributed by atoms with van der Waals surface area (Å²) in [6, 6.07) is 13.1. The van der Waals surface area contributed by atoms with Gasteiger partial charge in [0.2, 0.25) is 11.8 Å². The number of piperidine rings is 1. The zero-order valence-corrected chi connectivity index (χ0v) is 14.0. The number of hydrogen-bond acceptors (Lipinski definition) is 3. The van der Waals surface area contributed by atoms with Crippen molar-refractivity contribution in [2.24, 2.45) is 5.92 Å². The molecule has 2 aromatic rings. The van der Waals surface area contributed by atoms with E-state index in [2.05, 4.69) is 10.3 Å². The average Bonchev–Trinajstić information content (AvgIpc) is 2.68. The third-order valence-corrected chi connectivity index (χ3v) is 4.27. The maximum absolute atomic E-state index is 12.4. The second-order valence-electron chi connectivity index (χ2n) is 6.09.